The number of hydrogen-bond donors (Lipinski definition) is 3. The van der Waals surface area contributed by atoms with Gasteiger partial charge < -0.3 is 10.4 Å². The molecule has 0 aliphatic heterocycles. The molecule has 0 aliphatic rings. The van der Waals surface area contributed by atoms with Gasteiger partial charge in [0.2, 0.25) is 0 Å². The number of anilines is 1. The highest BCUT2D eigenvalue weighted by molar-refractivity contribution is 7.94. The molecule has 0 fully saturated rings. The second-order valence-electron chi connectivity index (χ2n) is 5.02. The third-order valence-corrected chi connectivity index (χ3v) is 4.14. The Hall–Kier alpha value is -2.65. The van der Waals surface area contributed by atoms with Gasteiger partial charge in [0.05, 0.1) is 22.6 Å². The van der Waals surface area contributed by atoms with Crippen LogP contribution in [0.15, 0.2) is 69.7 Å². The average molecular weight is 357 g/mol. The first kappa shape index (κ1) is 17.2. The first-order valence-corrected chi connectivity index (χ1v) is 8.06. The summed E-state index contributed by atoms with van der Waals surface area (Å²) in [6.07, 6.45) is 0. The number of phenols is 1. The molecular weight excluding hydrogens is 342 g/mol. The van der Waals surface area contributed by atoms with Gasteiger partial charge in [-0.2, -0.15) is 5.11 Å². The van der Waals surface area contributed by atoms with Crippen LogP contribution >= 0.6 is 12.0 Å². The molecule has 0 heterocycles. The number of azo groups is 1. The van der Waals surface area contributed by atoms with Crippen LogP contribution in [0.4, 0.5) is 17.1 Å². The van der Waals surface area contributed by atoms with E-state index < -0.39 is 0 Å². The van der Waals surface area contributed by atoms with Crippen LogP contribution in [-0.2, 0) is 9.37 Å². The van der Waals surface area contributed by atoms with Gasteiger partial charge in [0, 0.05) is 18.1 Å². The zero-order valence-corrected chi connectivity index (χ0v) is 14.0. The molecule has 3 aromatic carbocycles. The van der Waals surface area contributed by atoms with Crippen LogP contribution < -0.4 is 5.32 Å². The number of phenolic OH excluding ortho intramolecular Hbond substituents is 1. The Balaban J connectivity index is 2.11. The third kappa shape index (κ3) is 3.89. The van der Waals surface area contributed by atoms with Crippen molar-refractivity contribution in [1.29, 1.82) is 0 Å². The van der Waals surface area contributed by atoms with E-state index in [1.54, 1.807) is 25.2 Å². The Morgan fingerprint density at radius 2 is 1.84 bits per heavy atom. The molecular formula is C17H15N3O4S. The number of rotatable bonds is 6. The average Bonchev–Trinajstić information content (AvgIpc) is 2.66. The minimum Gasteiger partial charge on any atom is -0.505 e. The van der Waals surface area contributed by atoms with Crippen molar-refractivity contribution in [3.8, 4) is 5.75 Å². The highest BCUT2D eigenvalue weighted by atomic mass is 32.2. The summed E-state index contributed by atoms with van der Waals surface area (Å²) in [6, 6.07) is 16.4. The molecule has 0 aromatic heterocycles. The summed E-state index contributed by atoms with van der Waals surface area (Å²) >= 11 is 0.720. The summed E-state index contributed by atoms with van der Waals surface area (Å²) in [6.45, 7) is 0. The number of nitrogens with zero attached hydrogens (tertiary/aromatic N) is 2. The minimum absolute atomic E-state index is 0.0432. The van der Waals surface area contributed by atoms with Gasteiger partial charge in [0.15, 0.2) is 5.75 Å². The Morgan fingerprint density at radius 3 is 2.56 bits per heavy atom. The second kappa shape index (κ2) is 7.95. The van der Waals surface area contributed by atoms with E-state index in [0.29, 0.717) is 16.0 Å². The molecule has 0 amide bonds. The van der Waals surface area contributed by atoms with Crippen LogP contribution in [-0.4, -0.2) is 17.4 Å². The van der Waals surface area contributed by atoms with E-state index in [-0.39, 0.29) is 11.4 Å². The Labute approximate surface area is 148 Å². The van der Waals surface area contributed by atoms with Crippen molar-refractivity contribution in [1.82, 2.24) is 0 Å². The summed E-state index contributed by atoms with van der Waals surface area (Å²) in [7, 11) is 1.80. The molecule has 0 aliphatic carbocycles. The molecule has 0 saturated carbocycles. The summed E-state index contributed by atoms with van der Waals surface area (Å²) in [5.74, 6) is -0.0432. The van der Waals surface area contributed by atoms with Gasteiger partial charge in [-0.05, 0) is 35.7 Å². The van der Waals surface area contributed by atoms with Crippen LogP contribution in [0.1, 0.15) is 0 Å². The summed E-state index contributed by atoms with van der Waals surface area (Å²) < 4.78 is 4.51. The highest BCUT2D eigenvalue weighted by Gasteiger charge is 2.15. The molecule has 8 heteroatoms. The van der Waals surface area contributed by atoms with Crippen LogP contribution in [0.25, 0.3) is 10.8 Å². The molecule has 0 saturated heterocycles. The van der Waals surface area contributed by atoms with E-state index in [9.17, 15) is 5.11 Å². The van der Waals surface area contributed by atoms with Crippen LogP contribution in [0.2, 0.25) is 0 Å². The number of nitrogens with one attached hydrogen (secondary N) is 1. The van der Waals surface area contributed by atoms with Crippen LogP contribution in [0, 0.1) is 0 Å². The van der Waals surface area contributed by atoms with E-state index >= 15 is 0 Å². The molecule has 128 valence electrons. The SMILES string of the molecule is CNc1ccc2cc(SOOO)c(N=Nc3ccccc3)c(O)c2c1. The first-order chi connectivity index (χ1) is 12.2. The maximum absolute atomic E-state index is 10.7. The van der Waals surface area contributed by atoms with Crippen molar-refractivity contribution in [3.05, 3.63) is 54.6 Å². The van der Waals surface area contributed by atoms with Gasteiger partial charge >= 0.3 is 0 Å². The van der Waals surface area contributed by atoms with Crippen molar-refractivity contribution in [2.24, 2.45) is 10.2 Å². The molecule has 0 spiro atoms. The topological polar surface area (TPSA) is 95.7 Å². The van der Waals surface area contributed by atoms with Gasteiger partial charge in [0.1, 0.15) is 5.69 Å². The highest BCUT2D eigenvalue weighted by Crippen LogP contribution is 2.44. The fraction of sp³-hybridized carbons (Fsp3) is 0.0588. The van der Waals surface area contributed by atoms with Crippen LogP contribution in [0.5, 0.6) is 5.75 Å². The zero-order valence-electron chi connectivity index (χ0n) is 13.2. The monoisotopic (exact) mass is 357 g/mol. The van der Waals surface area contributed by atoms with E-state index in [1.165, 1.54) is 0 Å². The molecule has 0 atom stereocenters. The Kier molecular flexibility index (Phi) is 5.46. The quantitative estimate of drug-likeness (QED) is 0.236. The fourth-order valence-corrected chi connectivity index (χ4v) is 2.81. The molecule has 7 nitrogen and oxygen atoms in total. The zero-order chi connectivity index (χ0) is 17.6. The summed E-state index contributed by atoms with van der Waals surface area (Å²) in [5.41, 5.74) is 1.71. The van der Waals surface area contributed by atoms with E-state index in [4.69, 9.17) is 5.26 Å². The third-order valence-electron chi connectivity index (χ3n) is 3.52. The predicted molar refractivity (Wildman–Crippen MR) is 96.4 cm³/mol. The van der Waals surface area contributed by atoms with Gasteiger partial charge in [-0.25, -0.2) is 5.26 Å². The lowest BCUT2D eigenvalue weighted by Gasteiger charge is -2.10. The van der Waals surface area contributed by atoms with E-state index in [1.807, 2.05) is 36.4 Å². The molecule has 0 radical (unpaired) electrons. The Morgan fingerprint density at radius 1 is 1.04 bits per heavy atom. The van der Waals surface area contributed by atoms with Crippen molar-refractivity contribution < 1.29 is 19.7 Å². The van der Waals surface area contributed by atoms with Crippen molar-refractivity contribution >= 4 is 39.9 Å². The molecule has 0 unspecified atom stereocenters. The lowest BCUT2D eigenvalue weighted by atomic mass is 10.1. The lowest BCUT2D eigenvalue weighted by molar-refractivity contribution is -0.432. The molecule has 3 N–H and O–H groups in total. The van der Waals surface area contributed by atoms with Crippen molar-refractivity contribution in [3.63, 3.8) is 0 Å². The fourth-order valence-electron chi connectivity index (χ4n) is 2.31. The van der Waals surface area contributed by atoms with Gasteiger partial charge in [-0.3, -0.25) is 0 Å². The minimum atomic E-state index is -0.0432. The van der Waals surface area contributed by atoms with Crippen LogP contribution in [0.3, 0.4) is 0 Å². The van der Waals surface area contributed by atoms with Gasteiger partial charge in [-0.15, -0.1) is 9.45 Å². The lowest BCUT2D eigenvalue weighted by Crippen LogP contribution is -1.88. The molecule has 0 bridgehead atoms. The first-order valence-electron chi connectivity index (χ1n) is 7.32. The number of aromatic hydroxyl groups is 1. The smallest absolute Gasteiger partial charge is 0.152 e. The van der Waals surface area contributed by atoms with Gasteiger partial charge in [0.25, 0.3) is 0 Å². The summed E-state index contributed by atoms with van der Waals surface area (Å²) in [5, 5.41) is 35.4. The molecule has 3 rings (SSSR count). The second-order valence-corrected chi connectivity index (χ2v) is 5.76. The number of hydrogen-bond acceptors (Lipinski definition) is 8. The molecule has 3 aromatic rings. The van der Waals surface area contributed by atoms with Gasteiger partial charge in [-0.1, -0.05) is 29.3 Å². The van der Waals surface area contributed by atoms with E-state index in [2.05, 4.69) is 24.9 Å². The normalized spacial score (nSPS) is 11.3. The maximum atomic E-state index is 10.7. The number of fused-ring (bicyclic) bond motifs is 1. The van der Waals surface area contributed by atoms with Crippen molar-refractivity contribution in [2.45, 2.75) is 4.90 Å². The standard InChI is InChI=1S/C17H15N3O4S/c1-18-13-8-7-11-9-15(25-24-23-22)16(17(21)14(11)10-13)20-19-12-5-3-2-4-6-12/h2-10,18,21-22H,1H3. The largest absolute Gasteiger partial charge is 0.505 e. The number of benzene rings is 3. The Bertz CT molecular complexity index is 903. The van der Waals surface area contributed by atoms with E-state index in [0.717, 1.165) is 23.1 Å². The molecule has 25 heavy (non-hydrogen) atoms. The maximum Gasteiger partial charge on any atom is 0.152 e. The van der Waals surface area contributed by atoms with Crippen molar-refractivity contribution in [2.75, 3.05) is 12.4 Å². The predicted octanol–water partition coefficient (Wildman–Crippen LogP) is 5.43. The summed E-state index contributed by atoms with van der Waals surface area (Å²) in [4.78, 5) is 0.441.